The molecule has 0 saturated carbocycles. The molecule has 12 aromatic rings. The number of hydrogen-bond acceptors (Lipinski definition) is 3. The highest BCUT2D eigenvalue weighted by atomic mass is 16.3. The summed E-state index contributed by atoms with van der Waals surface area (Å²) in [5, 5.41) is 9.34. The molecule has 2 aromatic heterocycles. The first-order valence-electron chi connectivity index (χ1n) is 20.1. The minimum atomic E-state index is 0.894. The van der Waals surface area contributed by atoms with Crippen LogP contribution in [0.1, 0.15) is 0 Å². The maximum atomic E-state index is 6.53. The molecule has 0 radical (unpaired) electrons. The van der Waals surface area contributed by atoms with Crippen molar-refractivity contribution in [2.45, 2.75) is 0 Å². The van der Waals surface area contributed by atoms with Crippen LogP contribution in [0.3, 0.4) is 0 Å². The summed E-state index contributed by atoms with van der Waals surface area (Å²) in [6.45, 7) is 0. The predicted molar refractivity (Wildman–Crippen MR) is 247 cm³/mol. The summed E-state index contributed by atoms with van der Waals surface area (Å²) in [5.74, 6) is 0. The molecule has 3 nitrogen and oxygen atoms in total. The Morgan fingerprint density at radius 3 is 1.54 bits per heavy atom. The van der Waals surface area contributed by atoms with Crippen molar-refractivity contribution in [1.82, 2.24) is 0 Å². The van der Waals surface area contributed by atoms with Gasteiger partial charge in [-0.25, -0.2) is 0 Å². The SMILES string of the molecule is c1ccc2c(-c3ccc(N(c4ccc(-c5ccc6c(c5)oc5ccccc56)cc4)c4ccc(-c5cccc6oc7c8ccccc8ccc7c56)cc4)cc3)cccc2c1. The lowest BCUT2D eigenvalue weighted by Gasteiger charge is -2.26. The molecule has 59 heavy (non-hydrogen) atoms. The van der Waals surface area contributed by atoms with E-state index in [2.05, 4.69) is 205 Å². The lowest BCUT2D eigenvalue weighted by Crippen LogP contribution is -2.09. The summed E-state index contributed by atoms with van der Waals surface area (Å²) in [4.78, 5) is 2.34. The van der Waals surface area contributed by atoms with Gasteiger partial charge in [0, 0.05) is 44.0 Å². The van der Waals surface area contributed by atoms with Crippen LogP contribution >= 0.6 is 0 Å². The Labute approximate surface area is 340 Å². The fraction of sp³-hybridized carbons (Fsp3) is 0. The third-order valence-electron chi connectivity index (χ3n) is 11.9. The molecule has 0 spiro atoms. The molecule has 0 aliphatic heterocycles. The molecule has 276 valence electrons. The van der Waals surface area contributed by atoms with Crippen LogP contribution in [-0.2, 0) is 0 Å². The first kappa shape index (κ1) is 33.3. The standard InChI is InChI=1S/C56H35NO2/c1-3-12-45-37(9-1)11-7-15-46(45)39-21-29-43(30-22-39)57(42-27-19-36(20-28-42)41-26-33-50-49-14-5-6-17-52(49)58-54(50)35-41)44-31-23-40(24-32-44)47-16-8-18-53-55(47)51-34-25-38-10-2-4-13-48(38)56(51)59-53/h1-35H. The Hall–Kier alpha value is -7.88. The molecule has 0 saturated heterocycles. The topological polar surface area (TPSA) is 29.5 Å². The lowest BCUT2D eigenvalue weighted by molar-refractivity contribution is 0.669. The molecule has 0 aliphatic carbocycles. The van der Waals surface area contributed by atoms with Crippen molar-refractivity contribution in [3.8, 4) is 33.4 Å². The fourth-order valence-electron chi connectivity index (χ4n) is 9.01. The summed E-state index contributed by atoms with van der Waals surface area (Å²) in [5.41, 5.74) is 13.8. The van der Waals surface area contributed by atoms with Crippen LogP contribution in [0.25, 0.3) is 98.8 Å². The van der Waals surface area contributed by atoms with E-state index in [1.165, 1.54) is 27.3 Å². The summed E-state index contributed by atoms with van der Waals surface area (Å²) in [7, 11) is 0. The van der Waals surface area contributed by atoms with E-state index in [0.717, 1.165) is 88.6 Å². The van der Waals surface area contributed by atoms with Gasteiger partial charge in [0.2, 0.25) is 0 Å². The van der Waals surface area contributed by atoms with Crippen LogP contribution in [0.5, 0.6) is 0 Å². The summed E-state index contributed by atoms with van der Waals surface area (Å²) < 4.78 is 12.8. The normalized spacial score (nSPS) is 11.7. The highest BCUT2D eigenvalue weighted by molar-refractivity contribution is 6.19. The van der Waals surface area contributed by atoms with Gasteiger partial charge in [0.05, 0.1) is 0 Å². The zero-order chi connectivity index (χ0) is 38.9. The molecular weight excluding hydrogens is 719 g/mol. The number of hydrogen-bond donors (Lipinski definition) is 0. The molecule has 0 bridgehead atoms. The monoisotopic (exact) mass is 753 g/mol. The minimum absolute atomic E-state index is 0.894. The van der Waals surface area contributed by atoms with Crippen molar-refractivity contribution in [3.05, 3.63) is 212 Å². The van der Waals surface area contributed by atoms with E-state index in [-0.39, 0.29) is 0 Å². The van der Waals surface area contributed by atoms with E-state index in [4.69, 9.17) is 8.83 Å². The van der Waals surface area contributed by atoms with Crippen molar-refractivity contribution in [3.63, 3.8) is 0 Å². The maximum Gasteiger partial charge on any atom is 0.143 e. The molecule has 0 N–H and O–H groups in total. The molecule has 0 amide bonds. The lowest BCUT2D eigenvalue weighted by atomic mass is 9.97. The molecule has 0 aliphatic rings. The maximum absolute atomic E-state index is 6.53. The number of benzene rings is 10. The second kappa shape index (κ2) is 13.4. The van der Waals surface area contributed by atoms with E-state index < -0.39 is 0 Å². The van der Waals surface area contributed by atoms with Crippen LogP contribution in [-0.4, -0.2) is 0 Å². The van der Waals surface area contributed by atoms with Crippen LogP contribution in [0, 0.1) is 0 Å². The molecule has 3 heteroatoms. The first-order chi connectivity index (χ1) is 29.2. The van der Waals surface area contributed by atoms with Gasteiger partial charge in [0.1, 0.15) is 22.3 Å². The quantitative estimate of drug-likeness (QED) is 0.169. The average molecular weight is 754 g/mol. The van der Waals surface area contributed by atoms with Crippen LogP contribution in [0.4, 0.5) is 17.1 Å². The largest absolute Gasteiger partial charge is 0.456 e. The van der Waals surface area contributed by atoms with Gasteiger partial charge in [-0.05, 0) is 116 Å². The number of para-hydroxylation sites is 1. The highest BCUT2D eigenvalue weighted by Crippen LogP contribution is 2.42. The first-order valence-corrected chi connectivity index (χ1v) is 20.1. The van der Waals surface area contributed by atoms with Gasteiger partial charge in [-0.1, -0.05) is 146 Å². The van der Waals surface area contributed by atoms with Gasteiger partial charge in [-0.2, -0.15) is 0 Å². The molecule has 10 aromatic carbocycles. The summed E-state index contributed by atoms with van der Waals surface area (Å²) in [6, 6.07) is 75.8. The second-order valence-electron chi connectivity index (χ2n) is 15.3. The molecular formula is C56H35NO2. The molecule has 2 heterocycles. The van der Waals surface area contributed by atoms with E-state index in [1.54, 1.807) is 0 Å². The number of nitrogens with zero attached hydrogens (tertiary/aromatic N) is 1. The number of rotatable bonds is 6. The van der Waals surface area contributed by atoms with Crippen molar-refractivity contribution < 1.29 is 8.83 Å². The van der Waals surface area contributed by atoms with Crippen molar-refractivity contribution in [2.24, 2.45) is 0 Å². The van der Waals surface area contributed by atoms with Gasteiger partial charge in [0.15, 0.2) is 0 Å². The van der Waals surface area contributed by atoms with E-state index >= 15 is 0 Å². The third kappa shape index (κ3) is 5.51. The van der Waals surface area contributed by atoms with Crippen molar-refractivity contribution >= 4 is 82.5 Å². The molecule has 0 fully saturated rings. The number of fused-ring (bicyclic) bond motifs is 9. The second-order valence-corrected chi connectivity index (χ2v) is 15.3. The Balaban J connectivity index is 0.947. The zero-order valence-corrected chi connectivity index (χ0v) is 32.0. The van der Waals surface area contributed by atoms with Crippen LogP contribution < -0.4 is 4.90 Å². The molecule has 12 rings (SSSR count). The Morgan fingerprint density at radius 1 is 0.288 bits per heavy atom. The Kier molecular flexibility index (Phi) is 7.54. The van der Waals surface area contributed by atoms with E-state index in [1.807, 2.05) is 12.1 Å². The van der Waals surface area contributed by atoms with Crippen molar-refractivity contribution in [2.75, 3.05) is 4.90 Å². The molecule has 0 atom stereocenters. The van der Waals surface area contributed by atoms with Gasteiger partial charge < -0.3 is 13.7 Å². The summed E-state index contributed by atoms with van der Waals surface area (Å²) >= 11 is 0. The van der Waals surface area contributed by atoms with Gasteiger partial charge in [-0.15, -0.1) is 0 Å². The molecule has 0 unspecified atom stereocenters. The highest BCUT2D eigenvalue weighted by Gasteiger charge is 2.18. The van der Waals surface area contributed by atoms with E-state index in [0.29, 0.717) is 0 Å². The van der Waals surface area contributed by atoms with Crippen LogP contribution in [0.15, 0.2) is 221 Å². The van der Waals surface area contributed by atoms with Crippen molar-refractivity contribution in [1.29, 1.82) is 0 Å². The fourth-order valence-corrected chi connectivity index (χ4v) is 9.01. The Morgan fingerprint density at radius 2 is 0.797 bits per heavy atom. The minimum Gasteiger partial charge on any atom is -0.456 e. The third-order valence-corrected chi connectivity index (χ3v) is 11.9. The zero-order valence-electron chi connectivity index (χ0n) is 32.0. The predicted octanol–water partition coefficient (Wildman–Crippen LogP) is 16.3. The van der Waals surface area contributed by atoms with E-state index in [9.17, 15) is 0 Å². The van der Waals surface area contributed by atoms with Gasteiger partial charge in [0.25, 0.3) is 0 Å². The average Bonchev–Trinajstić information content (AvgIpc) is 3.88. The van der Waals surface area contributed by atoms with Gasteiger partial charge in [-0.3, -0.25) is 0 Å². The van der Waals surface area contributed by atoms with Crippen LogP contribution in [0.2, 0.25) is 0 Å². The summed E-state index contributed by atoms with van der Waals surface area (Å²) in [6.07, 6.45) is 0. The smallest absolute Gasteiger partial charge is 0.143 e. The number of furan rings is 2. The Bertz CT molecular complexity index is 3530. The number of anilines is 3. The van der Waals surface area contributed by atoms with Gasteiger partial charge >= 0.3 is 0 Å².